The van der Waals surface area contributed by atoms with Gasteiger partial charge in [-0.2, -0.15) is 0 Å². The van der Waals surface area contributed by atoms with E-state index in [0.29, 0.717) is 13.0 Å². The highest BCUT2D eigenvalue weighted by Crippen LogP contribution is 2.43. The Bertz CT molecular complexity index is 1060. The van der Waals surface area contributed by atoms with Gasteiger partial charge in [0.25, 0.3) is 0 Å². The van der Waals surface area contributed by atoms with Gasteiger partial charge in [-0.05, 0) is 83.5 Å². The van der Waals surface area contributed by atoms with E-state index in [1.807, 2.05) is 0 Å². The Morgan fingerprint density at radius 3 is 1.52 bits per heavy atom. The van der Waals surface area contributed by atoms with Crippen LogP contribution < -0.4 is 5.73 Å². The Kier molecular flexibility index (Phi) is 38.1. The van der Waals surface area contributed by atoms with Crippen LogP contribution in [0.4, 0.5) is 0 Å². The van der Waals surface area contributed by atoms with Crippen molar-refractivity contribution in [3.8, 4) is 0 Å². The Morgan fingerprint density at radius 2 is 1.02 bits per heavy atom. The molecule has 298 valence electrons. The van der Waals surface area contributed by atoms with Gasteiger partial charge in [0.1, 0.15) is 6.10 Å². The first kappa shape index (κ1) is 49.7. The zero-order valence-electron chi connectivity index (χ0n) is 32.8. The van der Waals surface area contributed by atoms with Crippen LogP contribution in [0.1, 0.15) is 142 Å². The number of rotatable bonds is 37. The zero-order valence-corrected chi connectivity index (χ0v) is 33.7. The maximum absolute atomic E-state index is 12.5. The molecule has 8 nitrogen and oxygen atoms in total. The highest BCUT2D eigenvalue weighted by atomic mass is 31.2. The molecule has 9 heteroatoms. The molecule has 0 aliphatic rings. The molecule has 0 aliphatic heterocycles. The van der Waals surface area contributed by atoms with Crippen molar-refractivity contribution in [2.24, 2.45) is 5.73 Å². The van der Waals surface area contributed by atoms with E-state index in [2.05, 4.69) is 98.9 Å². The van der Waals surface area contributed by atoms with Crippen molar-refractivity contribution in [2.45, 2.75) is 148 Å². The van der Waals surface area contributed by atoms with Crippen LogP contribution in [-0.2, 0) is 27.9 Å². The molecule has 0 saturated carbocycles. The Hall–Kier alpha value is -2.32. The minimum atomic E-state index is -4.29. The molecule has 0 saturated heterocycles. The molecule has 0 spiro atoms. The number of carbonyl (C=O) groups excluding carboxylic acids is 1. The molecular weight excluding hydrogens is 673 g/mol. The summed E-state index contributed by atoms with van der Waals surface area (Å²) < 4.78 is 33.3. The van der Waals surface area contributed by atoms with Crippen LogP contribution in [0.25, 0.3) is 0 Å². The zero-order chi connectivity index (χ0) is 38.1. The lowest BCUT2D eigenvalue weighted by Crippen LogP contribution is -2.28. The molecule has 0 rings (SSSR count). The van der Waals surface area contributed by atoms with E-state index in [-0.39, 0.29) is 38.8 Å². The molecule has 0 heterocycles. The molecule has 0 aliphatic carbocycles. The molecule has 3 N–H and O–H groups in total. The molecule has 0 aromatic carbocycles. The van der Waals surface area contributed by atoms with Gasteiger partial charge in [0.2, 0.25) is 0 Å². The van der Waals surface area contributed by atoms with Crippen molar-refractivity contribution in [1.29, 1.82) is 0 Å². The van der Waals surface area contributed by atoms with Crippen molar-refractivity contribution in [3.05, 3.63) is 85.1 Å². The topological polar surface area (TPSA) is 117 Å². The van der Waals surface area contributed by atoms with Gasteiger partial charge in [-0.15, -0.1) is 0 Å². The number of phosphoric acid groups is 1. The first-order chi connectivity index (χ1) is 25.4. The normalized spacial score (nSPS) is 14.5. The lowest BCUT2D eigenvalue weighted by Gasteiger charge is -2.20. The molecule has 0 fully saturated rings. The number of ether oxygens (including phenoxy) is 2. The smallest absolute Gasteiger partial charge is 0.457 e. The van der Waals surface area contributed by atoms with E-state index in [0.717, 1.165) is 89.9 Å². The third-order valence-electron chi connectivity index (χ3n) is 7.81. The summed E-state index contributed by atoms with van der Waals surface area (Å²) in [5, 5.41) is 0. The minimum absolute atomic E-state index is 0.0885. The summed E-state index contributed by atoms with van der Waals surface area (Å²) in [4.78, 5) is 22.4. The summed E-state index contributed by atoms with van der Waals surface area (Å²) in [6.45, 7) is 4.59. The Morgan fingerprint density at radius 1 is 0.577 bits per heavy atom. The molecule has 2 unspecified atom stereocenters. The van der Waals surface area contributed by atoms with Gasteiger partial charge in [-0.3, -0.25) is 13.8 Å². The van der Waals surface area contributed by atoms with Crippen LogP contribution in [-0.4, -0.2) is 49.9 Å². The second kappa shape index (κ2) is 39.9. The van der Waals surface area contributed by atoms with E-state index < -0.39 is 13.9 Å². The average Bonchev–Trinajstić information content (AvgIpc) is 3.13. The third-order valence-corrected chi connectivity index (χ3v) is 8.79. The highest BCUT2D eigenvalue weighted by Gasteiger charge is 2.25. The van der Waals surface area contributed by atoms with Crippen LogP contribution >= 0.6 is 7.82 Å². The second-order valence-corrected chi connectivity index (χ2v) is 14.2. The maximum Gasteiger partial charge on any atom is 0.472 e. The van der Waals surface area contributed by atoms with E-state index in [1.165, 1.54) is 25.7 Å². The second-order valence-electron chi connectivity index (χ2n) is 12.7. The number of allylic oxidation sites excluding steroid dienone is 14. The molecule has 0 radical (unpaired) electrons. The summed E-state index contributed by atoms with van der Waals surface area (Å²) in [6.07, 6.45) is 50.3. The SMILES string of the molecule is CC/C=C\C/C=C\C/C=C\C/C=C\CCCCCCCCCOCC(COP(=O)(O)OCCN)OC(=O)CCCCC/C=C\C/C=C\C/C=C\CC. The van der Waals surface area contributed by atoms with Crippen LogP contribution in [0.3, 0.4) is 0 Å². The molecular formula is C43H74NO7P. The first-order valence-electron chi connectivity index (χ1n) is 20.1. The Balaban J connectivity index is 4.12. The van der Waals surface area contributed by atoms with Crippen LogP contribution in [0, 0.1) is 0 Å². The number of hydrogen-bond donors (Lipinski definition) is 2. The third kappa shape index (κ3) is 38.9. The highest BCUT2D eigenvalue weighted by molar-refractivity contribution is 7.47. The number of phosphoric ester groups is 1. The van der Waals surface area contributed by atoms with E-state index in [9.17, 15) is 14.3 Å². The number of carbonyl (C=O) groups is 1. The van der Waals surface area contributed by atoms with E-state index in [1.54, 1.807) is 0 Å². The number of hydrogen-bond acceptors (Lipinski definition) is 7. The molecule has 2 atom stereocenters. The lowest BCUT2D eigenvalue weighted by molar-refractivity contribution is -0.154. The summed E-state index contributed by atoms with van der Waals surface area (Å²) >= 11 is 0. The fraction of sp³-hybridized carbons (Fsp3) is 0.651. The largest absolute Gasteiger partial charge is 0.472 e. The monoisotopic (exact) mass is 748 g/mol. The van der Waals surface area contributed by atoms with Crippen molar-refractivity contribution in [2.75, 3.05) is 33.0 Å². The summed E-state index contributed by atoms with van der Waals surface area (Å²) in [7, 11) is -4.29. The summed E-state index contributed by atoms with van der Waals surface area (Å²) in [6, 6.07) is 0. The molecule has 0 aromatic heterocycles. The van der Waals surface area contributed by atoms with E-state index in [4.69, 9.17) is 24.3 Å². The Labute approximate surface area is 318 Å². The van der Waals surface area contributed by atoms with Gasteiger partial charge in [0.05, 0.1) is 19.8 Å². The molecule has 52 heavy (non-hydrogen) atoms. The van der Waals surface area contributed by atoms with Crippen LogP contribution in [0.15, 0.2) is 85.1 Å². The van der Waals surface area contributed by atoms with Gasteiger partial charge >= 0.3 is 13.8 Å². The van der Waals surface area contributed by atoms with Crippen molar-refractivity contribution in [3.63, 3.8) is 0 Å². The van der Waals surface area contributed by atoms with Crippen molar-refractivity contribution in [1.82, 2.24) is 0 Å². The lowest BCUT2D eigenvalue weighted by atomic mass is 10.1. The quantitative estimate of drug-likeness (QED) is 0.0279. The minimum Gasteiger partial charge on any atom is -0.457 e. The maximum atomic E-state index is 12.5. The van der Waals surface area contributed by atoms with Crippen molar-refractivity contribution >= 4 is 13.8 Å². The molecule has 0 amide bonds. The van der Waals surface area contributed by atoms with Crippen LogP contribution in [0.2, 0.25) is 0 Å². The predicted molar refractivity (Wildman–Crippen MR) is 219 cm³/mol. The fourth-order valence-electron chi connectivity index (χ4n) is 4.94. The molecule has 0 aromatic rings. The van der Waals surface area contributed by atoms with Gasteiger partial charge in [-0.25, -0.2) is 4.57 Å². The van der Waals surface area contributed by atoms with Gasteiger partial charge in [0, 0.05) is 19.6 Å². The number of nitrogens with two attached hydrogens (primary N) is 1. The summed E-state index contributed by atoms with van der Waals surface area (Å²) in [5.74, 6) is -0.368. The van der Waals surface area contributed by atoms with Gasteiger partial charge < -0.3 is 20.1 Å². The average molecular weight is 748 g/mol. The number of unbranched alkanes of at least 4 members (excludes halogenated alkanes) is 10. The van der Waals surface area contributed by atoms with E-state index >= 15 is 0 Å². The standard InChI is InChI=1S/C43H74NO7P/c1-3-5-7-9-11-13-15-17-18-19-20-21-22-23-25-27-29-31-33-35-38-48-40-42(41-50-52(46,47)49-39-37-44)51-43(45)36-34-32-30-28-26-24-16-14-12-10-8-6-4-2/h5-8,11-14,17-18,20-21,24,26,42H,3-4,9-10,15-16,19,22-23,25,27-41,44H2,1-2H3,(H,46,47)/b7-5-,8-6-,13-11-,14-12-,18-17-,21-20-,26-24-. The van der Waals surface area contributed by atoms with Crippen molar-refractivity contribution < 1.29 is 32.8 Å². The number of esters is 1. The van der Waals surface area contributed by atoms with Gasteiger partial charge in [0.15, 0.2) is 0 Å². The van der Waals surface area contributed by atoms with Gasteiger partial charge in [-0.1, -0.05) is 137 Å². The van der Waals surface area contributed by atoms with Crippen LogP contribution in [0.5, 0.6) is 0 Å². The predicted octanol–water partition coefficient (Wildman–Crippen LogP) is 11.7. The molecule has 0 bridgehead atoms. The first-order valence-corrected chi connectivity index (χ1v) is 21.6. The fourth-order valence-corrected chi connectivity index (χ4v) is 5.71. The summed E-state index contributed by atoms with van der Waals surface area (Å²) in [5.41, 5.74) is 5.35.